The fourth-order valence-electron chi connectivity index (χ4n) is 3.28. The maximum atomic E-state index is 12.7. The number of pyridine rings is 1. The molecule has 0 bridgehead atoms. The number of carbonyl (C=O) groups excluding carboxylic acids is 1. The van der Waals surface area contributed by atoms with E-state index in [0.29, 0.717) is 5.56 Å². The summed E-state index contributed by atoms with van der Waals surface area (Å²) in [5.41, 5.74) is 3.00. The van der Waals surface area contributed by atoms with Crippen LogP contribution in [0, 0.1) is 0 Å². The molecule has 0 saturated heterocycles. The van der Waals surface area contributed by atoms with Gasteiger partial charge >= 0.3 is 0 Å². The topological polar surface area (TPSA) is 99.6 Å². The lowest BCUT2D eigenvalue weighted by molar-refractivity contribution is 0.102. The molecule has 0 unspecified atom stereocenters. The zero-order valence-electron chi connectivity index (χ0n) is 18.6. The second-order valence-corrected chi connectivity index (χ2v) is 9.96. The molecule has 0 aliphatic rings. The molecule has 0 aliphatic carbocycles. The zero-order valence-corrected chi connectivity index (χ0v) is 19.5. The minimum absolute atomic E-state index is 0.0132. The highest BCUT2D eigenvalue weighted by Crippen LogP contribution is 2.28. The average molecular weight is 474 g/mol. The van der Waals surface area contributed by atoms with Gasteiger partial charge in [-0.3, -0.25) is 4.79 Å². The van der Waals surface area contributed by atoms with E-state index < -0.39 is 15.9 Å². The van der Waals surface area contributed by atoms with E-state index in [2.05, 4.69) is 10.3 Å². The standard InChI is InChI=1S/C26H23N3O4S/c1-29(2)34(32,33)22-15-16-25(30)24(17-22)28-26(31)20-10-7-18(8-11-20)9-13-21-14-12-19-5-3-4-6-23(19)27-21/h3-17,30H,1-2H3,(H,28,31). The Balaban J connectivity index is 1.48. The number of hydrogen-bond donors (Lipinski definition) is 2. The first-order chi connectivity index (χ1) is 16.2. The van der Waals surface area contributed by atoms with Crippen LogP contribution in [0.4, 0.5) is 5.69 Å². The van der Waals surface area contributed by atoms with Crippen molar-refractivity contribution in [2.24, 2.45) is 0 Å². The number of phenols is 1. The molecule has 1 aromatic heterocycles. The fraction of sp³-hybridized carbons (Fsp3) is 0.0769. The van der Waals surface area contributed by atoms with Gasteiger partial charge in [0.15, 0.2) is 0 Å². The third-order valence-corrected chi connectivity index (χ3v) is 7.05. The van der Waals surface area contributed by atoms with Crippen LogP contribution in [0.15, 0.2) is 83.8 Å². The van der Waals surface area contributed by atoms with Crippen LogP contribution in [0.25, 0.3) is 23.1 Å². The maximum absolute atomic E-state index is 12.7. The predicted molar refractivity (Wildman–Crippen MR) is 134 cm³/mol. The number of benzene rings is 3. The average Bonchev–Trinajstić information content (AvgIpc) is 2.84. The number of hydrogen-bond acceptors (Lipinski definition) is 5. The Kier molecular flexibility index (Phi) is 6.45. The van der Waals surface area contributed by atoms with Crippen molar-refractivity contribution in [2.75, 3.05) is 19.4 Å². The Bertz CT molecular complexity index is 1490. The van der Waals surface area contributed by atoms with Gasteiger partial charge in [0, 0.05) is 25.0 Å². The van der Waals surface area contributed by atoms with Gasteiger partial charge in [-0.05, 0) is 54.1 Å². The van der Waals surface area contributed by atoms with E-state index in [9.17, 15) is 18.3 Å². The molecule has 4 aromatic rings. The highest BCUT2D eigenvalue weighted by atomic mass is 32.2. The molecule has 0 atom stereocenters. The van der Waals surface area contributed by atoms with E-state index in [1.807, 2.05) is 48.6 Å². The van der Waals surface area contributed by atoms with E-state index in [4.69, 9.17) is 0 Å². The number of sulfonamides is 1. The van der Waals surface area contributed by atoms with Crippen molar-refractivity contribution in [3.05, 3.63) is 95.7 Å². The lowest BCUT2D eigenvalue weighted by atomic mass is 10.1. The van der Waals surface area contributed by atoms with Crippen molar-refractivity contribution in [1.82, 2.24) is 9.29 Å². The molecule has 4 rings (SSSR count). The van der Waals surface area contributed by atoms with Crippen LogP contribution in [0.2, 0.25) is 0 Å². The first-order valence-electron chi connectivity index (χ1n) is 10.4. The number of rotatable bonds is 6. The molecule has 8 heteroatoms. The molecule has 7 nitrogen and oxygen atoms in total. The minimum Gasteiger partial charge on any atom is -0.506 e. The SMILES string of the molecule is CN(C)S(=O)(=O)c1ccc(O)c(NC(=O)c2ccc(C=Cc3ccc4ccccc4n3)cc2)c1. The number of phenolic OH excluding ortho intramolecular Hbond substituents is 1. The minimum atomic E-state index is -3.71. The van der Waals surface area contributed by atoms with E-state index in [-0.39, 0.29) is 16.3 Å². The molecule has 0 saturated carbocycles. The van der Waals surface area contributed by atoms with Gasteiger partial charge < -0.3 is 10.4 Å². The second kappa shape index (κ2) is 9.46. The summed E-state index contributed by atoms with van der Waals surface area (Å²) in [6.07, 6.45) is 3.80. The number of fused-ring (bicyclic) bond motifs is 1. The quantitative estimate of drug-likeness (QED) is 0.398. The molecule has 0 spiro atoms. The number of amides is 1. The van der Waals surface area contributed by atoms with E-state index in [1.165, 1.54) is 32.3 Å². The van der Waals surface area contributed by atoms with Crippen LogP contribution in [0.3, 0.4) is 0 Å². The van der Waals surface area contributed by atoms with Crippen molar-refractivity contribution in [3.63, 3.8) is 0 Å². The molecule has 1 heterocycles. The van der Waals surface area contributed by atoms with E-state index >= 15 is 0 Å². The van der Waals surface area contributed by atoms with Crippen molar-refractivity contribution >= 4 is 44.7 Å². The Morgan fingerprint density at radius 2 is 1.68 bits per heavy atom. The maximum Gasteiger partial charge on any atom is 0.255 e. The summed E-state index contributed by atoms with van der Waals surface area (Å²) in [6, 6.07) is 22.5. The van der Waals surface area contributed by atoms with Gasteiger partial charge in [0.25, 0.3) is 5.91 Å². The van der Waals surface area contributed by atoms with Crippen molar-refractivity contribution < 1.29 is 18.3 Å². The van der Waals surface area contributed by atoms with Gasteiger partial charge in [-0.15, -0.1) is 0 Å². The van der Waals surface area contributed by atoms with E-state index in [0.717, 1.165) is 26.5 Å². The predicted octanol–water partition coefficient (Wildman–Crippen LogP) is 4.61. The molecule has 1 amide bonds. The smallest absolute Gasteiger partial charge is 0.255 e. The zero-order chi connectivity index (χ0) is 24.3. The molecule has 3 aromatic carbocycles. The first-order valence-corrected chi connectivity index (χ1v) is 11.9. The van der Waals surface area contributed by atoms with Gasteiger partial charge in [-0.1, -0.05) is 42.5 Å². The van der Waals surface area contributed by atoms with Gasteiger partial charge in [0.1, 0.15) is 5.75 Å². The molecule has 2 N–H and O–H groups in total. The van der Waals surface area contributed by atoms with Crippen molar-refractivity contribution in [2.45, 2.75) is 4.90 Å². The van der Waals surface area contributed by atoms with Gasteiger partial charge in [-0.2, -0.15) is 0 Å². The van der Waals surface area contributed by atoms with Gasteiger partial charge in [0.05, 0.1) is 21.8 Å². The number of nitrogens with one attached hydrogen (secondary N) is 1. The van der Waals surface area contributed by atoms with Crippen molar-refractivity contribution in [1.29, 1.82) is 0 Å². The lowest BCUT2D eigenvalue weighted by Crippen LogP contribution is -2.22. The lowest BCUT2D eigenvalue weighted by Gasteiger charge is -2.14. The number of nitrogens with zero attached hydrogens (tertiary/aromatic N) is 2. The van der Waals surface area contributed by atoms with Crippen LogP contribution in [-0.2, 0) is 10.0 Å². The summed E-state index contributed by atoms with van der Waals surface area (Å²) in [6.45, 7) is 0. The first kappa shape index (κ1) is 23.2. The van der Waals surface area contributed by atoms with Crippen LogP contribution in [0.5, 0.6) is 5.75 Å². The Hall–Kier alpha value is -4.01. The second-order valence-electron chi connectivity index (χ2n) is 7.80. The number of aromatic hydroxyl groups is 1. The number of anilines is 1. The third-order valence-electron chi connectivity index (χ3n) is 5.23. The Morgan fingerprint density at radius 1 is 0.941 bits per heavy atom. The number of carbonyl (C=O) groups is 1. The number of para-hydroxylation sites is 1. The van der Waals surface area contributed by atoms with Gasteiger partial charge in [-0.25, -0.2) is 17.7 Å². The highest BCUT2D eigenvalue weighted by molar-refractivity contribution is 7.89. The molecule has 0 radical (unpaired) electrons. The van der Waals surface area contributed by atoms with Crippen LogP contribution in [0.1, 0.15) is 21.6 Å². The summed E-state index contributed by atoms with van der Waals surface area (Å²) in [5, 5.41) is 13.7. The molecule has 0 aliphatic heterocycles. The molecular formula is C26H23N3O4S. The molecule has 0 fully saturated rings. The van der Waals surface area contributed by atoms with E-state index in [1.54, 1.807) is 24.3 Å². The summed E-state index contributed by atoms with van der Waals surface area (Å²) in [7, 11) is -0.887. The molecular weight excluding hydrogens is 450 g/mol. The van der Waals surface area contributed by atoms with Crippen molar-refractivity contribution in [3.8, 4) is 5.75 Å². The number of aromatic nitrogens is 1. The fourth-order valence-corrected chi connectivity index (χ4v) is 4.21. The summed E-state index contributed by atoms with van der Waals surface area (Å²) in [5.74, 6) is -0.699. The van der Waals surface area contributed by atoms with Crippen LogP contribution < -0.4 is 5.32 Å². The third kappa shape index (κ3) is 4.98. The molecule has 172 valence electrons. The van der Waals surface area contributed by atoms with Crippen LogP contribution >= 0.6 is 0 Å². The Morgan fingerprint density at radius 3 is 2.41 bits per heavy atom. The van der Waals surface area contributed by atoms with Gasteiger partial charge in [0.2, 0.25) is 10.0 Å². The highest BCUT2D eigenvalue weighted by Gasteiger charge is 2.19. The summed E-state index contributed by atoms with van der Waals surface area (Å²) < 4.78 is 25.7. The normalized spacial score (nSPS) is 11.9. The van der Waals surface area contributed by atoms with Crippen LogP contribution in [-0.4, -0.2) is 42.8 Å². The summed E-state index contributed by atoms with van der Waals surface area (Å²) >= 11 is 0. The molecule has 34 heavy (non-hydrogen) atoms. The Labute approximate surface area is 198 Å². The monoisotopic (exact) mass is 473 g/mol. The summed E-state index contributed by atoms with van der Waals surface area (Å²) in [4.78, 5) is 17.2. The largest absolute Gasteiger partial charge is 0.506 e.